The van der Waals surface area contributed by atoms with E-state index in [0.717, 1.165) is 12.8 Å². The average molecular weight is 263 g/mol. The summed E-state index contributed by atoms with van der Waals surface area (Å²) in [4.78, 5) is 0. The maximum Gasteiger partial charge on any atom is 0.0540 e. The van der Waals surface area contributed by atoms with Gasteiger partial charge in [0.15, 0.2) is 0 Å². The van der Waals surface area contributed by atoms with E-state index in [1.165, 1.54) is 24.8 Å². The molecule has 1 aromatic rings. The Morgan fingerprint density at radius 3 is 2.37 bits per heavy atom. The molecule has 0 bridgehead atoms. The van der Waals surface area contributed by atoms with Crippen molar-refractivity contribution in [3.63, 3.8) is 0 Å². The van der Waals surface area contributed by atoms with E-state index < -0.39 is 0 Å². The van der Waals surface area contributed by atoms with Gasteiger partial charge in [-0.25, -0.2) is 0 Å². The fraction of sp³-hybridized carbons (Fsp3) is 0.647. The zero-order valence-electron chi connectivity index (χ0n) is 12.4. The van der Waals surface area contributed by atoms with E-state index in [9.17, 15) is 5.11 Å². The summed E-state index contributed by atoms with van der Waals surface area (Å²) in [5.74, 6) is 0.649. The lowest BCUT2D eigenvalue weighted by Gasteiger charge is -2.34. The molecule has 3 N–H and O–H groups in total. The molecule has 0 aliphatic carbocycles. The minimum Gasteiger partial charge on any atom is -0.395 e. The van der Waals surface area contributed by atoms with Crippen LogP contribution in [0.1, 0.15) is 51.5 Å². The maximum atomic E-state index is 9.92. The number of benzene rings is 1. The minimum atomic E-state index is -0.268. The van der Waals surface area contributed by atoms with Crippen molar-refractivity contribution in [1.82, 2.24) is 0 Å². The van der Waals surface area contributed by atoms with Crippen molar-refractivity contribution >= 4 is 0 Å². The van der Waals surface area contributed by atoms with E-state index >= 15 is 0 Å². The van der Waals surface area contributed by atoms with Crippen LogP contribution in [-0.2, 0) is 5.41 Å². The second kappa shape index (κ2) is 8.34. The molecule has 2 atom stereocenters. The lowest BCUT2D eigenvalue weighted by Crippen LogP contribution is -2.40. The fourth-order valence-corrected chi connectivity index (χ4v) is 2.83. The van der Waals surface area contributed by atoms with E-state index in [-0.39, 0.29) is 12.0 Å². The monoisotopic (exact) mass is 263 g/mol. The number of hydrogen-bond donors (Lipinski definition) is 2. The molecule has 0 heterocycles. The first kappa shape index (κ1) is 16.2. The van der Waals surface area contributed by atoms with Crippen LogP contribution in [0.4, 0.5) is 0 Å². The lowest BCUT2D eigenvalue weighted by atomic mass is 9.72. The van der Waals surface area contributed by atoms with Crippen molar-refractivity contribution in [2.24, 2.45) is 11.7 Å². The number of nitrogens with two attached hydrogens (primary N) is 1. The highest BCUT2D eigenvalue weighted by atomic mass is 16.3. The van der Waals surface area contributed by atoms with Crippen molar-refractivity contribution < 1.29 is 5.11 Å². The molecule has 19 heavy (non-hydrogen) atoms. The Labute approximate surface area is 118 Å². The van der Waals surface area contributed by atoms with Crippen LogP contribution in [0.15, 0.2) is 30.3 Å². The number of aliphatic hydroxyl groups excluding tert-OH is 1. The Kier molecular flexibility index (Phi) is 7.11. The second-order valence-electron chi connectivity index (χ2n) is 5.63. The summed E-state index contributed by atoms with van der Waals surface area (Å²) in [7, 11) is 0. The highest BCUT2D eigenvalue weighted by Crippen LogP contribution is 2.33. The quantitative estimate of drug-likeness (QED) is 0.716. The molecule has 1 rings (SSSR count). The highest BCUT2D eigenvalue weighted by Gasteiger charge is 2.32. The smallest absolute Gasteiger partial charge is 0.0540 e. The number of rotatable bonds is 9. The molecule has 0 saturated carbocycles. The number of aliphatic hydroxyl groups is 1. The Morgan fingerprint density at radius 1 is 1.21 bits per heavy atom. The minimum absolute atomic E-state index is 0.135. The summed E-state index contributed by atoms with van der Waals surface area (Å²) in [6.07, 6.45) is 5.88. The van der Waals surface area contributed by atoms with E-state index in [4.69, 9.17) is 5.73 Å². The molecule has 0 amide bonds. The average Bonchev–Trinajstić information content (AvgIpc) is 2.49. The molecule has 0 radical (unpaired) electrons. The third kappa shape index (κ3) is 4.32. The van der Waals surface area contributed by atoms with Gasteiger partial charge >= 0.3 is 0 Å². The Bertz CT molecular complexity index is 332. The molecule has 108 valence electrons. The van der Waals surface area contributed by atoms with Crippen molar-refractivity contribution in [3.05, 3.63) is 35.9 Å². The molecule has 0 saturated heterocycles. The molecule has 2 heteroatoms. The summed E-state index contributed by atoms with van der Waals surface area (Å²) in [6.45, 7) is 5.11. The predicted octanol–water partition coefficient (Wildman–Crippen LogP) is 3.48. The van der Waals surface area contributed by atoms with Crippen LogP contribution >= 0.6 is 0 Å². The number of hydrogen-bond acceptors (Lipinski definition) is 2. The van der Waals surface area contributed by atoms with Gasteiger partial charge in [0, 0.05) is 12.0 Å². The molecular formula is C17H29NO. The van der Waals surface area contributed by atoms with Gasteiger partial charge in [0.25, 0.3) is 0 Å². The Morgan fingerprint density at radius 2 is 1.89 bits per heavy atom. The third-order valence-corrected chi connectivity index (χ3v) is 4.30. The van der Waals surface area contributed by atoms with Crippen LogP contribution < -0.4 is 5.73 Å². The molecule has 0 spiro atoms. The normalized spacial score (nSPS) is 16.0. The van der Waals surface area contributed by atoms with Crippen molar-refractivity contribution in [3.8, 4) is 0 Å². The van der Waals surface area contributed by atoms with Gasteiger partial charge in [-0.15, -0.1) is 0 Å². The van der Waals surface area contributed by atoms with Gasteiger partial charge < -0.3 is 10.8 Å². The Balaban J connectivity index is 2.87. The van der Waals surface area contributed by atoms with Gasteiger partial charge in [0.1, 0.15) is 0 Å². The SMILES string of the molecule is CCCCC(CC)CC(CN)(CO)c1ccccc1. The van der Waals surface area contributed by atoms with Gasteiger partial charge in [-0.05, 0) is 17.9 Å². The standard InChI is InChI=1S/C17H29NO/c1-3-5-9-15(4-2)12-17(13-18,14-19)16-10-7-6-8-11-16/h6-8,10-11,15,19H,3-5,9,12-14,18H2,1-2H3. The van der Waals surface area contributed by atoms with Crippen LogP contribution in [0.2, 0.25) is 0 Å². The Hall–Kier alpha value is -0.860. The van der Waals surface area contributed by atoms with Crippen molar-refractivity contribution in [2.75, 3.05) is 13.2 Å². The van der Waals surface area contributed by atoms with Crippen LogP contribution in [-0.4, -0.2) is 18.3 Å². The fourth-order valence-electron chi connectivity index (χ4n) is 2.83. The zero-order valence-corrected chi connectivity index (χ0v) is 12.4. The summed E-state index contributed by atoms with van der Waals surface area (Å²) >= 11 is 0. The summed E-state index contributed by atoms with van der Waals surface area (Å²) in [5.41, 5.74) is 6.93. The van der Waals surface area contributed by atoms with Crippen LogP contribution in [0.3, 0.4) is 0 Å². The first-order valence-corrected chi connectivity index (χ1v) is 7.58. The summed E-state index contributed by atoms with van der Waals surface area (Å²) in [6, 6.07) is 10.3. The molecule has 0 aliphatic rings. The van der Waals surface area contributed by atoms with E-state index in [1.54, 1.807) is 0 Å². The first-order valence-electron chi connectivity index (χ1n) is 7.58. The van der Waals surface area contributed by atoms with Gasteiger partial charge in [0.05, 0.1) is 6.61 Å². The molecule has 0 aromatic heterocycles. The van der Waals surface area contributed by atoms with Gasteiger partial charge in [-0.1, -0.05) is 69.9 Å². The van der Waals surface area contributed by atoms with Crippen molar-refractivity contribution in [2.45, 2.75) is 51.4 Å². The van der Waals surface area contributed by atoms with E-state index in [1.807, 2.05) is 18.2 Å². The van der Waals surface area contributed by atoms with Crippen LogP contribution in [0.5, 0.6) is 0 Å². The van der Waals surface area contributed by atoms with Crippen molar-refractivity contribution in [1.29, 1.82) is 0 Å². The second-order valence-corrected chi connectivity index (χ2v) is 5.63. The highest BCUT2D eigenvalue weighted by molar-refractivity contribution is 5.26. The molecule has 2 unspecified atom stereocenters. The largest absolute Gasteiger partial charge is 0.395 e. The topological polar surface area (TPSA) is 46.2 Å². The summed E-state index contributed by atoms with van der Waals surface area (Å²) < 4.78 is 0. The molecular weight excluding hydrogens is 234 g/mol. The molecule has 0 aliphatic heterocycles. The molecule has 1 aromatic carbocycles. The molecule has 2 nitrogen and oxygen atoms in total. The molecule has 0 fully saturated rings. The van der Waals surface area contributed by atoms with E-state index in [2.05, 4.69) is 26.0 Å². The van der Waals surface area contributed by atoms with Gasteiger partial charge in [-0.2, -0.15) is 0 Å². The predicted molar refractivity (Wildman–Crippen MR) is 82.2 cm³/mol. The maximum absolute atomic E-state index is 9.92. The van der Waals surface area contributed by atoms with E-state index in [0.29, 0.717) is 12.5 Å². The third-order valence-electron chi connectivity index (χ3n) is 4.30. The zero-order chi connectivity index (χ0) is 14.1. The number of unbranched alkanes of at least 4 members (excludes halogenated alkanes) is 1. The lowest BCUT2D eigenvalue weighted by molar-refractivity contribution is 0.164. The summed E-state index contributed by atoms with van der Waals surface area (Å²) in [5, 5.41) is 9.92. The van der Waals surface area contributed by atoms with Crippen LogP contribution in [0, 0.1) is 5.92 Å². The first-order chi connectivity index (χ1) is 9.22. The van der Waals surface area contributed by atoms with Crippen LogP contribution in [0.25, 0.3) is 0 Å². The van der Waals surface area contributed by atoms with Gasteiger partial charge in [0.2, 0.25) is 0 Å². The van der Waals surface area contributed by atoms with Gasteiger partial charge in [-0.3, -0.25) is 0 Å².